The summed E-state index contributed by atoms with van der Waals surface area (Å²) in [5.41, 5.74) is 3.65. The number of carbonyl (C=O) groups excluding carboxylic acids is 1. The molecule has 0 spiro atoms. The summed E-state index contributed by atoms with van der Waals surface area (Å²) < 4.78 is 10.6. The molecule has 0 saturated carbocycles. The molecule has 1 fully saturated rings. The Morgan fingerprint density at radius 1 is 1.48 bits per heavy atom. The second-order valence-corrected chi connectivity index (χ2v) is 6.19. The molecule has 1 aliphatic rings. The van der Waals surface area contributed by atoms with Crippen LogP contribution in [0.3, 0.4) is 0 Å². The monoisotopic (exact) mass is 337 g/mol. The van der Waals surface area contributed by atoms with Crippen LogP contribution in [0.2, 0.25) is 0 Å². The molecule has 0 radical (unpaired) electrons. The van der Waals surface area contributed by atoms with Crippen LogP contribution in [-0.4, -0.2) is 35.4 Å². The van der Waals surface area contributed by atoms with Crippen molar-refractivity contribution < 1.29 is 19.1 Å². The molecule has 0 aromatic carbocycles. The molecule has 3 rings (SSSR count). The fraction of sp³-hybridized carbons (Fsp3) is 0.533. The zero-order valence-corrected chi connectivity index (χ0v) is 13.9. The van der Waals surface area contributed by atoms with Crippen LogP contribution in [-0.2, 0) is 14.3 Å². The second-order valence-electron chi connectivity index (χ2n) is 5.20. The minimum Gasteiger partial charge on any atom is -0.462 e. The number of ether oxygens (including phenoxy) is 2. The topological polar surface area (TPSA) is 82.6 Å². The van der Waals surface area contributed by atoms with Crippen molar-refractivity contribution in [2.24, 2.45) is 0 Å². The third-order valence-corrected chi connectivity index (χ3v) is 4.79. The van der Waals surface area contributed by atoms with E-state index in [4.69, 9.17) is 14.3 Å². The second kappa shape index (κ2) is 7.20. The van der Waals surface area contributed by atoms with Crippen molar-refractivity contribution in [3.8, 4) is 0 Å². The summed E-state index contributed by atoms with van der Waals surface area (Å²) in [5.74, 6) is 0.198. The van der Waals surface area contributed by atoms with E-state index in [0.29, 0.717) is 23.9 Å². The lowest BCUT2D eigenvalue weighted by Gasteiger charge is -2.22. The first-order chi connectivity index (χ1) is 11.2. The zero-order chi connectivity index (χ0) is 16.2. The van der Waals surface area contributed by atoms with Gasteiger partial charge >= 0.3 is 5.97 Å². The Kier molecular flexibility index (Phi) is 5.04. The van der Waals surface area contributed by atoms with E-state index in [1.54, 1.807) is 6.92 Å². The number of esters is 1. The van der Waals surface area contributed by atoms with Crippen LogP contribution in [0.15, 0.2) is 6.33 Å². The lowest BCUT2D eigenvalue weighted by molar-refractivity contribution is -0.145. The van der Waals surface area contributed by atoms with Gasteiger partial charge in [0.2, 0.25) is 0 Å². The van der Waals surface area contributed by atoms with E-state index >= 15 is 0 Å². The van der Waals surface area contributed by atoms with E-state index in [-0.39, 0.29) is 12.3 Å². The quantitative estimate of drug-likeness (QED) is 0.663. The molecular formula is C15H19N3O4S. The number of thiophene rings is 1. The average molecular weight is 337 g/mol. The Balaban J connectivity index is 1.84. The summed E-state index contributed by atoms with van der Waals surface area (Å²) in [6, 6.07) is 0. The molecule has 23 heavy (non-hydrogen) atoms. The van der Waals surface area contributed by atoms with Crippen molar-refractivity contribution >= 4 is 33.3 Å². The van der Waals surface area contributed by atoms with Gasteiger partial charge in [-0.05, 0) is 32.3 Å². The molecular weight excluding hydrogens is 318 g/mol. The van der Waals surface area contributed by atoms with Crippen molar-refractivity contribution in [1.82, 2.24) is 9.97 Å². The molecule has 3 heterocycles. The fourth-order valence-corrected chi connectivity index (χ4v) is 3.51. The van der Waals surface area contributed by atoms with Crippen LogP contribution in [0.5, 0.6) is 0 Å². The van der Waals surface area contributed by atoms with Crippen molar-refractivity contribution in [2.45, 2.75) is 39.4 Å². The van der Waals surface area contributed by atoms with Gasteiger partial charge in [0, 0.05) is 13.0 Å². The standard InChI is InChI=1S/C15H19N3O4S/c1-3-20-15(19)12-9(2)11-13(16-8-17-14(11)23-12)18-22-10-6-4-5-7-21-10/h8,10H,3-7H2,1-2H3,(H,16,17,18). The van der Waals surface area contributed by atoms with Gasteiger partial charge in [0.05, 0.1) is 12.0 Å². The number of anilines is 1. The number of rotatable bonds is 5. The van der Waals surface area contributed by atoms with Gasteiger partial charge in [-0.25, -0.2) is 25.1 Å². The highest BCUT2D eigenvalue weighted by Crippen LogP contribution is 2.33. The molecule has 0 amide bonds. The molecule has 1 unspecified atom stereocenters. The van der Waals surface area contributed by atoms with Crippen LogP contribution in [0.1, 0.15) is 41.4 Å². The average Bonchev–Trinajstić information content (AvgIpc) is 2.92. The third-order valence-electron chi connectivity index (χ3n) is 3.61. The maximum atomic E-state index is 12.0. The number of aromatic nitrogens is 2. The van der Waals surface area contributed by atoms with Crippen LogP contribution in [0, 0.1) is 6.92 Å². The Morgan fingerprint density at radius 3 is 3.09 bits per heavy atom. The fourth-order valence-electron chi connectivity index (χ4n) is 2.47. The summed E-state index contributed by atoms with van der Waals surface area (Å²) in [5, 5.41) is 0.774. The molecule has 2 aromatic heterocycles. The zero-order valence-electron chi connectivity index (χ0n) is 13.1. The van der Waals surface area contributed by atoms with Gasteiger partial charge in [-0.1, -0.05) is 0 Å². The van der Waals surface area contributed by atoms with Gasteiger partial charge in [-0.2, -0.15) is 0 Å². The van der Waals surface area contributed by atoms with Crippen molar-refractivity contribution in [3.63, 3.8) is 0 Å². The number of nitrogens with zero attached hydrogens (tertiary/aromatic N) is 2. The maximum absolute atomic E-state index is 12.0. The minimum absolute atomic E-state index is 0.280. The smallest absolute Gasteiger partial charge is 0.348 e. The van der Waals surface area contributed by atoms with Gasteiger partial charge in [0.1, 0.15) is 16.0 Å². The van der Waals surface area contributed by atoms with E-state index in [1.165, 1.54) is 17.7 Å². The minimum atomic E-state index is -0.338. The van der Waals surface area contributed by atoms with Gasteiger partial charge < -0.3 is 9.47 Å². The van der Waals surface area contributed by atoms with Crippen LogP contribution < -0.4 is 5.48 Å². The lowest BCUT2D eigenvalue weighted by Crippen LogP contribution is -2.25. The maximum Gasteiger partial charge on any atom is 0.348 e. The van der Waals surface area contributed by atoms with Gasteiger partial charge in [0.25, 0.3) is 0 Å². The molecule has 1 saturated heterocycles. The molecule has 124 valence electrons. The van der Waals surface area contributed by atoms with E-state index in [1.807, 2.05) is 6.92 Å². The Labute approximate surface area is 137 Å². The summed E-state index contributed by atoms with van der Waals surface area (Å²) in [4.78, 5) is 27.3. The highest BCUT2D eigenvalue weighted by Gasteiger charge is 2.21. The van der Waals surface area contributed by atoms with Crippen LogP contribution in [0.25, 0.3) is 10.2 Å². The van der Waals surface area contributed by atoms with Crippen molar-refractivity contribution in [2.75, 3.05) is 18.7 Å². The first-order valence-electron chi connectivity index (χ1n) is 7.65. The number of carbonyl (C=O) groups is 1. The first kappa shape index (κ1) is 16.1. The molecule has 2 aromatic rings. The van der Waals surface area contributed by atoms with Crippen LogP contribution >= 0.6 is 11.3 Å². The van der Waals surface area contributed by atoms with E-state index < -0.39 is 0 Å². The van der Waals surface area contributed by atoms with Gasteiger partial charge in [0.15, 0.2) is 12.1 Å². The normalized spacial score (nSPS) is 18.1. The predicted octanol–water partition coefficient (Wildman–Crippen LogP) is 3.05. The van der Waals surface area contributed by atoms with E-state index in [9.17, 15) is 4.79 Å². The molecule has 1 atom stereocenters. The molecule has 0 bridgehead atoms. The predicted molar refractivity (Wildman–Crippen MR) is 86.4 cm³/mol. The number of fused-ring (bicyclic) bond motifs is 1. The van der Waals surface area contributed by atoms with Crippen LogP contribution in [0.4, 0.5) is 5.82 Å². The van der Waals surface area contributed by atoms with Crippen molar-refractivity contribution in [1.29, 1.82) is 0 Å². The number of hydrogen-bond acceptors (Lipinski definition) is 8. The number of aryl methyl sites for hydroxylation is 1. The number of hydrogen-bond donors (Lipinski definition) is 1. The Morgan fingerprint density at radius 2 is 2.35 bits per heavy atom. The molecule has 1 N–H and O–H groups in total. The number of nitrogens with one attached hydrogen (secondary N) is 1. The summed E-state index contributed by atoms with van der Waals surface area (Å²) in [7, 11) is 0. The molecule has 1 aliphatic heterocycles. The summed E-state index contributed by atoms with van der Waals surface area (Å²) >= 11 is 1.30. The lowest BCUT2D eigenvalue weighted by atomic mass is 10.2. The highest BCUT2D eigenvalue weighted by atomic mass is 32.1. The molecule has 0 aliphatic carbocycles. The SMILES string of the molecule is CCOC(=O)c1sc2ncnc(NOC3CCCCO3)c2c1C. The molecule has 8 heteroatoms. The van der Waals surface area contributed by atoms with E-state index in [2.05, 4.69) is 15.4 Å². The van der Waals surface area contributed by atoms with Crippen molar-refractivity contribution in [3.05, 3.63) is 16.8 Å². The van der Waals surface area contributed by atoms with Gasteiger partial charge in [-0.3, -0.25) is 0 Å². The van der Waals surface area contributed by atoms with E-state index in [0.717, 1.165) is 35.0 Å². The van der Waals surface area contributed by atoms with Gasteiger partial charge in [-0.15, -0.1) is 11.3 Å². The highest BCUT2D eigenvalue weighted by molar-refractivity contribution is 7.20. The Bertz CT molecular complexity index is 697. The summed E-state index contributed by atoms with van der Waals surface area (Å²) in [6.45, 7) is 4.68. The third kappa shape index (κ3) is 3.44. The first-order valence-corrected chi connectivity index (χ1v) is 8.46. The largest absolute Gasteiger partial charge is 0.462 e. The molecule has 7 nitrogen and oxygen atoms in total. The summed E-state index contributed by atoms with van der Waals surface area (Å²) in [6.07, 6.45) is 4.15. The Hall–Kier alpha value is -1.77.